The van der Waals surface area contributed by atoms with Gasteiger partial charge in [-0.15, -0.1) is 0 Å². The predicted molar refractivity (Wildman–Crippen MR) is 53.3 cm³/mol. The van der Waals surface area contributed by atoms with Crippen molar-refractivity contribution in [3.05, 3.63) is 23.9 Å². The molecule has 1 rings (SSSR count). The summed E-state index contributed by atoms with van der Waals surface area (Å²) in [5, 5.41) is 19.1. The van der Waals surface area contributed by atoms with E-state index in [0.717, 1.165) is 0 Å². The zero-order chi connectivity index (χ0) is 10.6. The summed E-state index contributed by atoms with van der Waals surface area (Å²) in [6.07, 6.45) is 0.0255. The quantitative estimate of drug-likeness (QED) is 0.516. The zero-order valence-electron chi connectivity index (χ0n) is 7.80. The van der Waals surface area contributed by atoms with Gasteiger partial charge in [0.1, 0.15) is 11.9 Å². The van der Waals surface area contributed by atoms with Crippen molar-refractivity contribution < 1.29 is 10.2 Å². The lowest BCUT2D eigenvalue weighted by molar-refractivity contribution is 0.0150. The molecule has 0 amide bonds. The van der Waals surface area contributed by atoms with Crippen molar-refractivity contribution in [2.75, 3.05) is 12.3 Å². The maximum Gasteiger partial charge on any atom is 0.123 e. The van der Waals surface area contributed by atoms with Crippen molar-refractivity contribution in [3.8, 4) is 0 Å². The number of hydrogen-bond acceptors (Lipinski definition) is 5. The summed E-state index contributed by atoms with van der Waals surface area (Å²) in [7, 11) is 0. The standard InChI is InChI=1S/C9H15N3O2/c10-3-1-7(13)9(14)6-2-4-12-8(11)5-6/h2,4-5,7,9,13-14H,1,3,10H2,(H2,11,12). The number of aliphatic hydroxyl groups is 2. The Morgan fingerprint density at radius 3 is 2.71 bits per heavy atom. The van der Waals surface area contributed by atoms with Crippen LogP contribution in [0.4, 0.5) is 5.82 Å². The Labute approximate surface area is 82.4 Å². The van der Waals surface area contributed by atoms with E-state index in [9.17, 15) is 10.2 Å². The highest BCUT2D eigenvalue weighted by Crippen LogP contribution is 2.19. The lowest BCUT2D eigenvalue weighted by Gasteiger charge is -2.17. The second-order valence-electron chi connectivity index (χ2n) is 3.10. The van der Waals surface area contributed by atoms with Gasteiger partial charge in [-0.3, -0.25) is 0 Å². The minimum Gasteiger partial charge on any atom is -0.390 e. The van der Waals surface area contributed by atoms with Crippen LogP contribution in [0.2, 0.25) is 0 Å². The highest BCUT2D eigenvalue weighted by Gasteiger charge is 2.17. The number of aromatic nitrogens is 1. The number of hydrogen-bond donors (Lipinski definition) is 4. The summed E-state index contributed by atoms with van der Waals surface area (Å²) in [6.45, 7) is 0.332. The van der Waals surface area contributed by atoms with Crippen molar-refractivity contribution >= 4 is 5.82 Å². The highest BCUT2D eigenvalue weighted by molar-refractivity contribution is 5.33. The molecule has 1 aromatic heterocycles. The fourth-order valence-electron chi connectivity index (χ4n) is 1.20. The molecule has 2 atom stereocenters. The molecule has 0 spiro atoms. The van der Waals surface area contributed by atoms with E-state index in [1.165, 1.54) is 12.3 Å². The average molecular weight is 197 g/mol. The average Bonchev–Trinajstić information content (AvgIpc) is 2.17. The lowest BCUT2D eigenvalue weighted by atomic mass is 10.0. The van der Waals surface area contributed by atoms with E-state index in [-0.39, 0.29) is 0 Å². The number of nitrogens with two attached hydrogens (primary N) is 2. The molecular weight excluding hydrogens is 182 g/mol. The molecule has 0 aromatic carbocycles. The van der Waals surface area contributed by atoms with Gasteiger partial charge in [-0.1, -0.05) is 0 Å². The van der Waals surface area contributed by atoms with Gasteiger partial charge in [0, 0.05) is 6.20 Å². The Morgan fingerprint density at radius 2 is 2.14 bits per heavy atom. The molecule has 2 unspecified atom stereocenters. The molecule has 1 aromatic rings. The second-order valence-corrected chi connectivity index (χ2v) is 3.10. The first-order valence-electron chi connectivity index (χ1n) is 4.42. The first-order chi connectivity index (χ1) is 6.65. The van der Waals surface area contributed by atoms with E-state index in [1.807, 2.05) is 0 Å². The Kier molecular flexibility index (Phi) is 3.82. The molecule has 5 nitrogen and oxygen atoms in total. The van der Waals surface area contributed by atoms with Crippen LogP contribution in [0, 0.1) is 0 Å². The molecule has 14 heavy (non-hydrogen) atoms. The number of nitrogens with zero attached hydrogens (tertiary/aromatic N) is 1. The largest absolute Gasteiger partial charge is 0.390 e. The first-order valence-corrected chi connectivity index (χ1v) is 4.42. The van der Waals surface area contributed by atoms with Gasteiger partial charge in [-0.2, -0.15) is 0 Å². The summed E-state index contributed by atoms with van der Waals surface area (Å²) in [6, 6.07) is 3.14. The van der Waals surface area contributed by atoms with Gasteiger partial charge in [0.15, 0.2) is 0 Å². The van der Waals surface area contributed by atoms with Crippen molar-refractivity contribution in [1.29, 1.82) is 0 Å². The topological polar surface area (TPSA) is 105 Å². The molecular formula is C9H15N3O2. The molecule has 0 bridgehead atoms. The van der Waals surface area contributed by atoms with E-state index < -0.39 is 12.2 Å². The fraction of sp³-hybridized carbons (Fsp3) is 0.444. The van der Waals surface area contributed by atoms with Crippen LogP contribution in [0.3, 0.4) is 0 Å². The van der Waals surface area contributed by atoms with Crippen molar-refractivity contribution in [3.63, 3.8) is 0 Å². The molecule has 78 valence electrons. The Hall–Kier alpha value is -1.17. The van der Waals surface area contributed by atoms with Gasteiger partial charge in [-0.05, 0) is 30.7 Å². The number of nitrogen functional groups attached to an aromatic ring is 1. The highest BCUT2D eigenvalue weighted by atomic mass is 16.3. The molecule has 0 aliphatic rings. The minimum absolute atomic E-state index is 0.321. The van der Waals surface area contributed by atoms with Crippen LogP contribution in [-0.4, -0.2) is 27.8 Å². The van der Waals surface area contributed by atoms with E-state index in [1.54, 1.807) is 6.07 Å². The monoisotopic (exact) mass is 197 g/mol. The second kappa shape index (κ2) is 4.90. The van der Waals surface area contributed by atoms with E-state index >= 15 is 0 Å². The molecule has 0 fully saturated rings. The summed E-state index contributed by atoms with van der Waals surface area (Å²) >= 11 is 0. The van der Waals surface area contributed by atoms with Crippen LogP contribution in [-0.2, 0) is 0 Å². The molecule has 6 N–H and O–H groups in total. The number of pyridine rings is 1. The maximum absolute atomic E-state index is 9.66. The third kappa shape index (κ3) is 2.66. The molecule has 0 radical (unpaired) electrons. The minimum atomic E-state index is -0.955. The van der Waals surface area contributed by atoms with Crippen LogP contribution >= 0.6 is 0 Å². The predicted octanol–water partition coefficient (Wildman–Crippen LogP) is -0.593. The van der Waals surface area contributed by atoms with E-state index in [2.05, 4.69) is 4.98 Å². The van der Waals surface area contributed by atoms with Crippen LogP contribution in [0.25, 0.3) is 0 Å². The Bertz CT molecular complexity index is 293. The molecule has 5 heteroatoms. The number of anilines is 1. The van der Waals surface area contributed by atoms with E-state index in [0.29, 0.717) is 24.3 Å². The molecule has 1 heterocycles. The van der Waals surface area contributed by atoms with E-state index in [4.69, 9.17) is 11.5 Å². The van der Waals surface area contributed by atoms with Gasteiger partial charge < -0.3 is 21.7 Å². The smallest absolute Gasteiger partial charge is 0.123 e. The SMILES string of the molecule is NCCC(O)C(O)c1ccnc(N)c1. The third-order valence-electron chi connectivity index (χ3n) is 1.97. The van der Waals surface area contributed by atoms with Crippen LogP contribution in [0.1, 0.15) is 18.1 Å². The summed E-state index contributed by atoms with van der Waals surface area (Å²) < 4.78 is 0. The maximum atomic E-state index is 9.66. The molecule has 0 aliphatic heterocycles. The summed E-state index contributed by atoms with van der Waals surface area (Å²) in [4.78, 5) is 3.79. The third-order valence-corrected chi connectivity index (χ3v) is 1.97. The van der Waals surface area contributed by atoms with Crippen molar-refractivity contribution in [2.45, 2.75) is 18.6 Å². The van der Waals surface area contributed by atoms with Crippen LogP contribution in [0.5, 0.6) is 0 Å². The summed E-state index contributed by atoms with van der Waals surface area (Å²) in [5.41, 5.74) is 11.3. The lowest BCUT2D eigenvalue weighted by Crippen LogP contribution is -2.21. The van der Waals surface area contributed by atoms with Crippen LogP contribution in [0.15, 0.2) is 18.3 Å². The molecule has 0 saturated carbocycles. The first kappa shape index (κ1) is 10.9. The van der Waals surface area contributed by atoms with Gasteiger partial charge in [0.2, 0.25) is 0 Å². The molecule has 0 aliphatic carbocycles. The number of aliphatic hydroxyl groups excluding tert-OH is 2. The van der Waals surface area contributed by atoms with Crippen molar-refractivity contribution in [2.24, 2.45) is 5.73 Å². The van der Waals surface area contributed by atoms with Gasteiger partial charge in [0.25, 0.3) is 0 Å². The summed E-state index contributed by atoms with van der Waals surface area (Å²) in [5.74, 6) is 0.321. The van der Waals surface area contributed by atoms with Gasteiger partial charge in [-0.25, -0.2) is 4.98 Å². The Morgan fingerprint density at radius 1 is 1.43 bits per heavy atom. The normalized spacial score (nSPS) is 15.1. The van der Waals surface area contributed by atoms with Gasteiger partial charge >= 0.3 is 0 Å². The zero-order valence-corrected chi connectivity index (χ0v) is 7.80. The van der Waals surface area contributed by atoms with Crippen LogP contribution < -0.4 is 11.5 Å². The van der Waals surface area contributed by atoms with Gasteiger partial charge in [0.05, 0.1) is 6.10 Å². The Balaban J connectivity index is 2.73. The molecule has 0 saturated heterocycles. The van der Waals surface area contributed by atoms with Crippen molar-refractivity contribution in [1.82, 2.24) is 4.98 Å². The fourth-order valence-corrected chi connectivity index (χ4v) is 1.20. The number of rotatable bonds is 4.